The number of halogens is 7. The molecule has 0 aliphatic rings. The molecule has 3 nitrogen and oxygen atoms in total. The molecule has 120 valence electrons. The van der Waals surface area contributed by atoms with Gasteiger partial charge in [-0.2, -0.15) is 0 Å². The molecule has 0 aromatic heterocycles. The van der Waals surface area contributed by atoms with Crippen molar-refractivity contribution in [3.8, 4) is 0 Å². The van der Waals surface area contributed by atoms with E-state index in [1.807, 2.05) is 13.8 Å². The Balaban J connectivity index is -0.000000266. The van der Waals surface area contributed by atoms with Gasteiger partial charge < -0.3 is 0 Å². The van der Waals surface area contributed by atoms with Crippen LogP contribution >= 0.6 is 90.6 Å². The van der Waals surface area contributed by atoms with Crippen molar-refractivity contribution in [2.45, 2.75) is 20.3 Å². The summed E-state index contributed by atoms with van der Waals surface area (Å²) in [4.78, 5) is 0. The molecule has 0 N–H and O–H groups in total. The monoisotopic (exact) mass is 453 g/mol. The molecular weight excluding hydrogens is 440 g/mol. The van der Waals surface area contributed by atoms with Gasteiger partial charge in [0.15, 0.2) is 0 Å². The fourth-order valence-electron chi connectivity index (χ4n) is 0.700. The van der Waals surface area contributed by atoms with Crippen LogP contribution < -0.4 is 0 Å². The topological polar surface area (TPSA) is 37.4 Å². The van der Waals surface area contributed by atoms with Crippen molar-refractivity contribution in [2.75, 3.05) is 24.8 Å². The van der Waals surface area contributed by atoms with Gasteiger partial charge in [0, 0.05) is 24.8 Å². The SMILES string of the molecule is CCCN(CCCl)P(=O)(Cl)Cl.CCCl.O=P(Cl)(Cl)Cl. The van der Waals surface area contributed by atoms with Crippen LogP contribution in [-0.4, -0.2) is 29.5 Å². The number of hydrogen-bond acceptors (Lipinski definition) is 2. The Morgan fingerprint density at radius 3 is 1.37 bits per heavy atom. The summed E-state index contributed by atoms with van der Waals surface area (Å²) in [6, 6.07) is 0. The predicted molar refractivity (Wildman–Crippen MR) is 93.5 cm³/mol. The molecule has 19 heavy (non-hydrogen) atoms. The van der Waals surface area contributed by atoms with Crippen LogP contribution in [0.2, 0.25) is 0 Å². The summed E-state index contributed by atoms with van der Waals surface area (Å²) in [6.07, 6.45) is 0.861. The molecule has 0 radical (unpaired) electrons. The first kappa shape index (κ1) is 26.4. The standard InChI is InChI=1S/C5H11Cl3NOP.C2H5Cl.Cl3OP/c1-2-4-9(5-3-6)11(7,8)10;1-2-3;1-5(2,3)4/h2-5H2,1H3;2H2,1H3;. The minimum Gasteiger partial charge on any atom is -0.271 e. The number of alkyl halides is 2. The number of hydrogen-bond donors (Lipinski definition) is 0. The Kier molecular flexibility index (Phi) is 21.3. The van der Waals surface area contributed by atoms with Crippen molar-refractivity contribution in [2.24, 2.45) is 0 Å². The van der Waals surface area contributed by atoms with Gasteiger partial charge in [-0.25, -0.2) is 4.67 Å². The van der Waals surface area contributed by atoms with Gasteiger partial charge in [0.2, 0.25) is 0 Å². The van der Waals surface area contributed by atoms with Gasteiger partial charge in [-0.05, 0) is 62.6 Å². The third kappa shape index (κ3) is 33.3. The van der Waals surface area contributed by atoms with E-state index in [1.54, 1.807) is 0 Å². The molecule has 0 rings (SSSR count). The minimum atomic E-state index is -3.22. The lowest BCUT2D eigenvalue weighted by molar-refractivity contribution is 0.447. The largest absolute Gasteiger partial charge is 0.339 e. The molecular formula is C7H16Cl7NO2P2. The van der Waals surface area contributed by atoms with Crippen molar-refractivity contribution in [3.05, 3.63) is 0 Å². The van der Waals surface area contributed by atoms with Gasteiger partial charge in [0.25, 0.3) is 0 Å². The zero-order chi connectivity index (χ0) is 16.1. The summed E-state index contributed by atoms with van der Waals surface area (Å²) in [5.74, 6) is -2.00. The van der Waals surface area contributed by atoms with Crippen LogP contribution in [0, 0.1) is 0 Å². The van der Waals surface area contributed by atoms with Crippen molar-refractivity contribution in [3.63, 3.8) is 0 Å². The average Bonchev–Trinajstić information content (AvgIpc) is 2.14. The second-order valence-corrected chi connectivity index (χ2v) is 15.0. The molecule has 0 atom stereocenters. The lowest BCUT2D eigenvalue weighted by Gasteiger charge is -2.20. The lowest BCUT2D eigenvalue weighted by atomic mass is 10.5. The van der Waals surface area contributed by atoms with E-state index < -0.39 is 11.2 Å². The Hall–Kier alpha value is 2.45. The molecule has 0 unspecified atom stereocenters. The molecule has 0 fully saturated rings. The fourth-order valence-corrected chi connectivity index (χ4v) is 2.69. The maximum absolute atomic E-state index is 11.1. The minimum absolute atomic E-state index is 0.392. The Morgan fingerprint density at radius 1 is 0.895 bits per heavy atom. The fraction of sp³-hybridized carbons (Fsp3) is 1.00. The Morgan fingerprint density at radius 2 is 1.21 bits per heavy atom. The van der Waals surface area contributed by atoms with Crippen LogP contribution in [-0.2, 0) is 9.13 Å². The van der Waals surface area contributed by atoms with Crippen LogP contribution in [0.1, 0.15) is 20.3 Å². The van der Waals surface area contributed by atoms with Crippen LogP contribution in [0.15, 0.2) is 0 Å². The molecule has 0 aliphatic carbocycles. The van der Waals surface area contributed by atoms with E-state index in [0.29, 0.717) is 19.0 Å². The lowest BCUT2D eigenvalue weighted by Crippen LogP contribution is -2.19. The molecule has 0 amide bonds. The Labute approximate surface area is 148 Å². The molecule has 0 saturated heterocycles. The van der Waals surface area contributed by atoms with Gasteiger partial charge >= 0.3 is 11.2 Å². The van der Waals surface area contributed by atoms with E-state index in [9.17, 15) is 9.13 Å². The van der Waals surface area contributed by atoms with E-state index >= 15 is 0 Å². The van der Waals surface area contributed by atoms with Gasteiger partial charge in [-0.15, -0.1) is 23.2 Å². The smallest absolute Gasteiger partial charge is 0.271 e. The molecule has 0 heterocycles. The normalized spacial score (nSPS) is 11.3. The third-order valence-electron chi connectivity index (χ3n) is 1.15. The second-order valence-electron chi connectivity index (χ2n) is 2.74. The first-order valence-electron chi connectivity index (χ1n) is 4.99. The summed E-state index contributed by atoms with van der Waals surface area (Å²) >= 11 is 35.2. The summed E-state index contributed by atoms with van der Waals surface area (Å²) in [6.45, 7) is 4.95. The quantitative estimate of drug-likeness (QED) is 0.316. The predicted octanol–water partition coefficient (Wildman–Crippen LogP) is 7.58. The summed E-state index contributed by atoms with van der Waals surface area (Å²) in [5.41, 5.74) is 0. The first-order chi connectivity index (χ1) is 8.43. The molecule has 0 aliphatic heterocycles. The number of nitrogens with zero attached hydrogens (tertiary/aromatic N) is 1. The zero-order valence-electron chi connectivity index (χ0n) is 10.3. The maximum atomic E-state index is 11.1. The van der Waals surface area contributed by atoms with E-state index in [0.717, 1.165) is 12.3 Å². The summed E-state index contributed by atoms with van der Waals surface area (Å²) in [5, 5.41) is -3.22. The van der Waals surface area contributed by atoms with E-state index in [4.69, 9.17) is 45.7 Å². The summed E-state index contributed by atoms with van der Waals surface area (Å²) in [7, 11) is 0. The van der Waals surface area contributed by atoms with Crippen molar-refractivity contribution >= 4 is 90.6 Å². The van der Waals surface area contributed by atoms with E-state index in [2.05, 4.69) is 33.7 Å². The van der Waals surface area contributed by atoms with Gasteiger partial charge in [0.1, 0.15) is 0 Å². The van der Waals surface area contributed by atoms with Gasteiger partial charge in [-0.1, -0.05) is 13.8 Å². The number of rotatable bonds is 5. The molecule has 0 aromatic rings. The van der Waals surface area contributed by atoms with E-state index in [-0.39, 0.29) is 0 Å². The second kappa shape index (κ2) is 15.3. The molecule has 0 bridgehead atoms. The van der Waals surface area contributed by atoms with Crippen molar-refractivity contribution in [1.29, 1.82) is 0 Å². The Bertz CT molecular complexity index is 268. The highest BCUT2D eigenvalue weighted by Crippen LogP contribution is 2.61. The molecule has 0 spiro atoms. The van der Waals surface area contributed by atoms with Crippen LogP contribution in [0.5, 0.6) is 0 Å². The first-order valence-corrected chi connectivity index (χ1v) is 14.0. The van der Waals surface area contributed by atoms with Crippen molar-refractivity contribution < 1.29 is 9.13 Å². The van der Waals surface area contributed by atoms with Crippen LogP contribution in [0.25, 0.3) is 0 Å². The van der Waals surface area contributed by atoms with Crippen LogP contribution in [0.3, 0.4) is 0 Å². The van der Waals surface area contributed by atoms with Gasteiger partial charge in [-0.3, -0.25) is 9.13 Å². The molecule has 0 aromatic carbocycles. The third-order valence-corrected chi connectivity index (χ3v) is 3.66. The maximum Gasteiger partial charge on any atom is 0.339 e. The van der Waals surface area contributed by atoms with Crippen molar-refractivity contribution in [1.82, 2.24) is 4.67 Å². The van der Waals surface area contributed by atoms with E-state index in [1.165, 1.54) is 4.67 Å². The molecule has 12 heteroatoms. The highest BCUT2D eigenvalue weighted by Gasteiger charge is 2.23. The van der Waals surface area contributed by atoms with Gasteiger partial charge in [0.05, 0.1) is 0 Å². The van der Waals surface area contributed by atoms with Crippen LogP contribution in [0.4, 0.5) is 0 Å². The zero-order valence-corrected chi connectivity index (χ0v) is 17.4. The summed E-state index contributed by atoms with van der Waals surface area (Å²) < 4.78 is 22.1. The average molecular weight is 456 g/mol. The highest BCUT2D eigenvalue weighted by molar-refractivity contribution is 8.24. The molecule has 0 saturated carbocycles. The highest BCUT2D eigenvalue weighted by atomic mass is 36.0.